The van der Waals surface area contributed by atoms with Gasteiger partial charge < -0.3 is 5.32 Å². The van der Waals surface area contributed by atoms with E-state index in [-0.39, 0.29) is 10.8 Å². The molecule has 1 aromatic rings. The molecule has 0 saturated heterocycles. The second-order valence-corrected chi connectivity index (χ2v) is 8.06. The van der Waals surface area contributed by atoms with Crippen molar-refractivity contribution >= 4 is 21.6 Å². The van der Waals surface area contributed by atoms with E-state index >= 15 is 0 Å². The zero-order valence-corrected chi connectivity index (χ0v) is 14.8. The minimum atomic E-state index is -3.47. The van der Waals surface area contributed by atoms with Crippen LogP contribution < -0.4 is 5.32 Å². The summed E-state index contributed by atoms with van der Waals surface area (Å²) in [7, 11) is -1.87. The SMILES string of the molecule is CCCNCc1ccc(S(=O)(=O)N(C)CC(C)C)cc1Cl. The van der Waals surface area contributed by atoms with Gasteiger partial charge in [-0.15, -0.1) is 0 Å². The predicted octanol–water partition coefficient (Wildman–Crippen LogP) is 3.12. The molecule has 0 aromatic heterocycles. The summed E-state index contributed by atoms with van der Waals surface area (Å²) >= 11 is 6.20. The Labute approximate surface area is 133 Å². The third-order valence-electron chi connectivity index (χ3n) is 3.10. The molecule has 0 spiro atoms. The molecule has 0 unspecified atom stereocenters. The standard InChI is InChI=1S/C15H25ClN2O2S/c1-5-8-17-10-13-6-7-14(9-15(13)16)21(19,20)18(4)11-12(2)3/h6-7,9,12,17H,5,8,10-11H2,1-4H3. The quantitative estimate of drug-likeness (QED) is 0.744. The smallest absolute Gasteiger partial charge is 0.242 e. The van der Waals surface area contributed by atoms with Crippen LogP contribution >= 0.6 is 11.6 Å². The van der Waals surface area contributed by atoms with Gasteiger partial charge in [-0.1, -0.05) is 38.4 Å². The Morgan fingerprint density at radius 3 is 2.52 bits per heavy atom. The van der Waals surface area contributed by atoms with Crippen molar-refractivity contribution in [2.45, 2.75) is 38.6 Å². The first-order valence-electron chi connectivity index (χ1n) is 7.24. The number of sulfonamides is 1. The van der Waals surface area contributed by atoms with Crippen molar-refractivity contribution in [1.29, 1.82) is 0 Å². The largest absolute Gasteiger partial charge is 0.313 e. The lowest BCUT2D eigenvalue weighted by Gasteiger charge is -2.19. The van der Waals surface area contributed by atoms with Crippen LogP contribution in [-0.4, -0.2) is 32.9 Å². The molecule has 0 radical (unpaired) electrons. The molecule has 0 atom stereocenters. The zero-order valence-electron chi connectivity index (χ0n) is 13.2. The average Bonchev–Trinajstić information content (AvgIpc) is 2.39. The molecule has 1 aromatic carbocycles. The highest BCUT2D eigenvalue weighted by Crippen LogP contribution is 2.23. The summed E-state index contributed by atoms with van der Waals surface area (Å²) in [5, 5.41) is 3.74. The van der Waals surface area contributed by atoms with Crippen molar-refractivity contribution in [2.24, 2.45) is 5.92 Å². The first-order valence-corrected chi connectivity index (χ1v) is 9.06. The fourth-order valence-corrected chi connectivity index (χ4v) is 3.70. The van der Waals surface area contributed by atoms with Crippen molar-refractivity contribution in [3.05, 3.63) is 28.8 Å². The van der Waals surface area contributed by atoms with Gasteiger partial charge in [0.05, 0.1) is 4.90 Å². The highest BCUT2D eigenvalue weighted by atomic mass is 35.5. The molecule has 0 saturated carbocycles. The molecule has 0 aliphatic carbocycles. The second kappa shape index (κ2) is 8.13. The first kappa shape index (κ1) is 18.4. The normalized spacial score (nSPS) is 12.3. The Morgan fingerprint density at radius 1 is 1.33 bits per heavy atom. The van der Waals surface area contributed by atoms with Crippen LogP contribution in [0.15, 0.2) is 23.1 Å². The van der Waals surface area contributed by atoms with E-state index in [1.165, 1.54) is 10.4 Å². The molecule has 0 fully saturated rings. The number of halogens is 1. The van der Waals surface area contributed by atoms with Crippen molar-refractivity contribution in [2.75, 3.05) is 20.1 Å². The topological polar surface area (TPSA) is 49.4 Å². The van der Waals surface area contributed by atoms with Crippen LogP contribution in [0.3, 0.4) is 0 Å². The number of hydrogen-bond donors (Lipinski definition) is 1. The van der Waals surface area contributed by atoms with Crippen LogP contribution in [0, 0.1) is 5.92 Å². The summed E-state index contributed by atoms with van der Waals surface area (Å²) in [6.07, 6.45) is 1.05. The van der Waals surface area contributed by atoms with E-state index in [9.17, 15) is 8.42 Å². The van der Waals surface area contributed by atoms with Gasteiger partial charge >= 0.3 is 0 Å². The van der Waals surface area contributed by atoms with Crippen LogP contribution in [0.1, 0.15) is 32.8 Å². The van der Waals surface area contributed by atoms with Gasteiger partial charge in [0.25, 0.3) is 0 Å². The van der Waals surface area contributed by atoms with E-state index in [0.29, 0.717) is 18.1 Å². The maximum Gasteiger partial charge on any atom is 0.242 e. The molecule has 0 aliphatic heterocycles. The van der Waals surface area contributed by atoms with Crippen LogP contribution in [0.5, 0.6) is 0 Å². The zero-order chi connectivity index (χ0) is 16.0. The number of rotatable bonds is 8. The molecule has 1 N–H and O–H groups in total. The third kappa shape index (κ3) is 5.25. The fourth-order valence-electron chi connectivity index (χ4n) is 2.02. The van der Waals surface area contributed by atoms with Crippen LogP contribution in [0.2, 0.25) is 5.02 Å². The van der Waals surface area contributed by atoms with E-state index < -0.39 is 10.0 Å². The highest BCUT2D eigenvalue weighted by molar-refractivity contribution is 7.89. The van der Waals surface area contributed by atoms with Gasteiger partial charge in [-0.25, -0.2) is 12.7 Å². The lowest BCUT2D eigenvalue weighted by molar-refractivity contribution is 0.417. The molecule has 0 aliphatic rings. The van der Waals surface area contributed by atoms with Gasteiger partial charge in [0.15, 0.2) is 0 Å². The number of hydrogen-bond acceptors (Lipinski definition) is 3. The van der Waals surface area contributed by atoms with E-state index in [1.54, 1.807) is 19.2 Å². The minimum absolute atomic E-state index is 0.245. The molecular weight excluding hydrogens is 308 g/mol. The van der Waals surface area contributed by atoms with E-state index in [2.05, 4.69) is 12.2 Å². The van der Waals surface area contributed by atoms with Gasteiger partial charge in [-0.3, -0.25) is 0 Å². The van der Waals surface area contributed by atoms with E-state index in [0.717, 1.165) is 18.5 Å². The molecule has 6 heteroatoms. The Hall–Kier alpha value is -0.620. The Balaban J connectivity index is 2.92. The van der Waals surface area contributed by atoms with Crippen LogP contribution in [0.25, 0.3) is 0 Å². The minimum Gasteiger partial charge on any atom is -0.313 e. The maximum absolute atomic E-state index is 12.4. The molecule has 0 amide bonds. The monoisotopic (exact) mass is 332 g/mol. The first-order chi connectivity index (χ1) is 9.78. The van der Waals surface area contributed by atoms with Crippen molar-refractivity contribution in [3.8, 4) is 0 Å². The van der Waals surface area contributed by atoms with Crippen molar-refractivity contribution < 1.29 is 8.42 Å². The molecule has 21 heavy (non-hydrogen) atoms. The number of nitrogens with zero attached hydrogens (tertiary/aromatic N) is 1. The molecule has 4 nitrogen and oxygen atoms in total. The highest BCUT2D eigenvalue weighted by Gasteiger charge is 2.22. The van der Waals surface area contributed by atoms with Gasteiger partial charge in [0, 0.05) is 25.2 Å². The Kier molecular flexibility index (Phi) is 7.13. The van der Waals surface area contributed by atoms with Crippen LogP contribution in [-0.2, 0) is 16.6 Å². The summed E-state index contributed by atoms with van der Waals surface area (Å²) in [5.41, 5.74) is 0.913. The lowest BCUT2D eigenvalue weighted by Crippen LogP contribution is -2.30. The van der Waals surface area contributed by atoms with E-state index in [1.807, 2.05) is 13.8 Å². The Bertz CT molecular complexity index is 559. The number of nitrogens with one attached hydrogen (secondary N) is 1. The fraction of sp³-hybridized carbons (Fsp3) is 0.600. The van der Waals surface area contributed by atoms with E-state index in [4.69, 9.17) is 11.6 Å². The summed E-state index contributed by atoms with van der Waals surface area (Å²) in [5.74, 6) is 0.276. The molecule has 0 bridgehead atoms. The lowest BCUT2D eigenvalue weighted by atomic mass is 10.2. The molecule has 0 heterocycles. The molecule has 1 rings (SSSR count). The van der Waals surface area contributed by atoms with Gasteiger partial charge in [0.2, 0.25) is 10.0 Å². The maximum atomic E-state index is 12.4. The van der Waals surface area contributed by atoms with Gasteiger partial charge in [0.1, 0.15) is 0 Å². The average molecular weight is 333 g/mol. The summed E-state index contributed by atoms with van der Waals surface area (Å²) in [6, 6.07) is 4.94. The summed E-state index contributed by atoms with van der Waals surface area (Å²) < 4.78 is 26.3. The summed E-state index contributed by atoms with van der Waals surface area (Å²) in [4.78, 5) is 0.245. The Morgan fingerprint density at radius 2 is 2.00 bits per heavy atom. The van der Waals surface area contributed by atoms with Gasteiger partial charge in [-0.05, 0) is 36.6 Å². The predicted molar refractivity (Wildman–Crippen MR) is 88.1 cm³/mol. The molecule has 120 valence electrons. The van der Waals surface area contributed by atoms with Crippen molar-refractivity contribution in [3.63, 3.8) is 0 Å². The van der Waals surface area contributed by atoms with Crippen molar-refractivity contribution in [1.82, 2.24) is 9.62 Å². The van der Waals surface area contributed by atoms with Gasteiger partial charge in [-0.2, -0.15) is 0 Å². The number of benzene rings is 1. The third-order valence-corrected chi connectivity index (χ3v) is 5.27. The van der Waals surface area contributed by atoms with Crippen LogP contribution in [0.4, 0.5) is 0 Å². The molecular formula is C15H25ClN2O2S. The summed E-state index contributed by atoms with van der Waals surface area (Å²) in [6.45, 7) is 8.11. The second-order valence-electron chi connectivity index (χ2n) is 5.61.